The van der Waals surface area contributed by atoms with Crippen LogP contribution in [0, 0.1) is 6.92 Å². The molecule has 1 heterocycles. The van der Waals surface area contributed by atoms with Crippen LogP contribution in [0.25, 0.3) is 11.1 Å². The molecule has 0 aliphatic rings. The molecule has 0 unspecified atom stereocenters. The first-order valence-electron chi connectivity index (χ1n) is 6.10. The average Bonchev–Trinajstić information content (AvgIpc) is 2.83. The van der Waals surface area contributed by atoms with Crippen molar-refractivity contribution in [1.29, 1.82) is 0 Å². The van der Waals surface area contributed by atoms with E-state index in [2.05, 4.69) is 23.0 Å². The van der Waals surface area contributed by atoms with E-state index in [1.54, 1.807) is 10.9 Å². The maximum atomic E-state index is 11.9. The number of carbonyl (C=O) groups excluding carboxylic acids is 1. The molecule has 2 aromatic rings. The third kappa shape index (κ3) is 3.17. The van der Waals surface area contributed by atoms with Crippen LogP contribution in [-0.4, -0.2) is 28.0 Å². The van der Waals surface area contributed by atoms with Crippen LogP contribution in [0.2, 0.25) is 0 Å². The highest BCUT2D eigenvalue weighted by Crippen LogP contribution is 2.24. The Hall–Kier alpha value is -1.75. The van der Waals surface area contributed by atoms with E-state index in [0.29, 0.717) is 17.9 Å². The summed E-state index contributed by atoms with van der Waals surface area (Å²) < 4.78 is 1.75. The van der Waals surface area contributed by atoms with Crippen LogP contribution in [0.1, 0.15) is 15.9 Å². The lowest BCUT2D eigenvalue weighted by atomic mass is 10.0. The van der Waals surface area contributed by atoms with Gasteiger partial charge in [-0.3, -0.25) is 9.48 Å². The Morgan fingerprint density at radius 3 is 2.89 bits per heavy atom. The maximum absolute atomic E-state index is 11.9. The molecule has 4 nitrogen and oxygen atoms in total. The number of thiol groups is 1. The molecule has 1 amide bonds. The Morgan fingerprint density at radius 1 is 1.47 bits per heavy atom. The minimum absolute atomic E-state index is 0.0702. The van der Waals surface area contributed by atoms with Gasteiger partial charge in [0, 0.05) is 36.7 Å². The van der Waals surface area contributed by atoms with Gasteiger partial charge in [-0.25, -0.2) is 0 Å². The summed E-state index contributed by atoms with van der Waals surface area (Å²) in [6, 6.07) is 5.70. The summed E-state index contributed by atoms with van der Waals surface area (Å²) in [6.45, 7) is 2.59. The number of benzene rings is 1. The Kier molecular flexibility index (Phi) is 4.27. The maximum Gasteiger partial charge on any atom is 0.251 e. The van der Waals surface area contributed by atoms with Crippen molar-refractivity contribution < 1.29 is 4.79 Å². The largest absolute Gasteiger partial charge is 0.351 e. The van der Waals surface area contributed by atoms with Crippen LogP contribution in [0.15, 0.2) is 30.6 Å². The number of aromatic nitrogens is 2. The van der Waals surface area contributed by atoms with Gasteiger partial charge in [0.2, 0.25) is 0 Å². The number of carbonyl (C=O) groups is 1. The van der Waals surface area contributed by atoms with E-state index >= 15 is 0 Å². The summed E-state index contributed by atoms with van der Waals surface area (Å²) in [4.78, 5) is 11.9. The van der Waals surface area contributed by atoms with E-state index in [0.717, 1.165) is 16.7 Å². The highest BCUT2D eigenvalue weighted by molar-refractivity contribution is 7.80. The number of amides is 1. The smallest absolute Gasteiger partial charge is 0.251 e. The van der Waals surface area contributed by atoms with Crippen molar-refractivity contribution in [2.75, 3.05) is 12.3 Å². The van der Waals surface area contributed by atoms with Gasteiger partial charge >= 0.3 is 0 Å². The van der Waals surface area contributed by atoms with Crippen molar-refractivity contribution in [2.24, 2.45) is 7.05 Å². The van der Waals surface area contributed by atoms with Gasteiger partial charge in [0.05, 0.1) is 6.20 Å². The van der Waals surface area contributed by atoms with Gasteiger partial charge in [0.1, 0.15) is 0 Å². The molecule has 0 aliphatic heterocycles. The Bertz CT molecular complexity index is 592. The molecule has 1 N–H and O–H groups in total. The van der Waals surface area contributed by atoms with Crippen LogP contribution >= 0.6 is 12.6 Å². The van der Waals surface area contributed by atoms with Gasteiger partial charge in [0.15, 0.2) is 0 Å². The highest BCUT2D eigenvalue weighted by Gasteiger charge is 2.09. The molecule has 0 saturated carbocycles. The minimum Gasteiger partial charge on any atom is -0.351 e. The first-order valence-corrected chi connectivity index (χ1v) is 6.74. The number of nitrogens with one attached hydrogen (secondary N) is 1. The van der Waals surface area contributed by atoms with Crippen LogP contribution < -0.4 is 5.32 Å². The van der Waals surface area contributed by atoms with Gasteiger partial charge in [-0.1, -0.05) is 6.07 Å². The standard InChI is InChI=1S/C14H17N3OS/c1-10-3-4-11(14(18)15-5-6-19)7-13(10)12-8-16-17(2)9-12/h3-4,7-9,19H,5-6H2,1-2H3,(H,15,18). The normalized spacial score (nSPS) is 10.5. The molecule has 0 bridgehead atoms. The van der Waals surface area contributed by atoms with Crippen LogP contribution in [0.3, 0.4) is 0 Å². The Balaban J connectivity index is 2.32. The number of hydrogen-bond acceptors (Lipinski definition) is 3. The zero-order chi connectivity index (χ0) is 13.8. The fourth-order valence-electron chi connectivity index (χ4n) is 1.91. The quantitative estimate of drug-likeness (QED) is 0.839. The van der Waals surface area contributed by atoms with Gasteiger partial charge in [-0.05, 0) is 30.2 Å². The molecular formula is C14H17N3OS. The van der Waals surface area contributed by atoms with Crippen LogP contribution in [-0.2, 0) is 7.05 Å². The predicted molar refractivity (Wildman–Crippen MR) is 79.6 cm³/mol. The number of nitrogens with zero attached hydrogens (tertiary/aromatic N) is 2. The molecule has 0 radical (unpaired) electrons. The molecule has 1 aromatic carbocycles. The Labute approximate surface area is 118 Å². The second-order valence-electron chi connectivity index (χ2n) is 4.41. The van der Waals surface area contributed by atoms with Gasteiger partial charge < -0.3 is 5.32 Å². The zero-order valence-electron chi connectivity index (χ0n) is 11.1. The van der Waals surface area contributed by atoms with Gasteiger partial charge in [0.25, 0.3) is 5.91 Å². The molecule has 0 aliphatic carbocycles. The monoisotopic (exact) mass is 275 g/mol. The molecule has 0 fully saturated rings. The van der Waals surface area contributed by atoms with Crippen LogP contribution in [0.4, 0.5) is 0 Å². The molecule has 19 heavy (non-hydrogen) atoms. The van der Waals surface area contributed by atoms with Gasteiger partial charge in [-0.15, -0.1) is 0 Å². The summed E-state index contributed by atoms with van der Waals surface area (Å²) in [5.74, 6) is 0.562. The summed E-state index contributed by atoms with van der Waals surface area (Å²) in [7, 11) is 1.88. The van der Waals surface area contributed by atoms with E-state index in [4.69, 9.17) is 0 Å². The summed E-state index contributed by atoms with van der Waals surface area (Å²) in [5.41, 5.74) is 3.83. The zero-order valence-corrected chi connectivity index (χ0v) is 11.9. The molecular weight excluding hydrogens is 258 g/mol. The number of rotatable bonds is 4. The molecule has 2 rings (SSSR count). The molecule has 0 atom stereocenters. The fraction of sp³-hybridized carbons (Fsp3) is 0.286. The van der Waals surface area contributed by atoms with Crippen molar-refractivity contribution in [3.63, 3.8) is 0 Å². The lowest BCUT2D eigenvalue weighted by molar-refractivity contribution is 0.0956. The topological polar surface area (TPSA) is 46.9 Å². The molecule has 100 valence electrons. The summed E-state index contributed by atoms with van der Waals surface area (Å²) >= 11 is 4.08. The van der Waals surface area contributed by atoms with E-state index in [1.165, 1.54) is 0 Å². The first kappa shape index (κ1) is 13.7. The van der Waals surface area contributed by atoms with E-state index in [-0.39, 0.29) is 5.91 Å². The third-order valence-electron chi connectivity index (χ3n) is 2.91. The molecule has 0 spiro atoms. The van der Waals surface area contributed by atoms with Crippen molar-refractivity contribution in [3.05, 3.63) is 41.7 Å². The van der Waals surface area contributed by atoms with Crippen molar-refractivity contribution in [2.45, 2.75) is 6.92 Å². The minimum atomic E-state index is -0.0702. The van der Waals surface area contributed by atoms with Crippen molar-refractivity contribution in [1.82, 2.24) is 15.1 Å². The first-order chi connectivity index (χ1) is 9.11. The number of hydrogen-bond donors (Lipinski definition) is 2. The second-order valence-corrected chi connectivity index (χ2v) is 4.86. The van der Waals surface area contributed by atoms with Crippen molar-refractivity contribution >= 4 is 18.5 Å². The SMILES string of the molecule is Cc1ccc(C(=O)NCCS)cc1-c1cnn(C)c1. The predicted octanol–water partition coefficient (Wildman–Crippen LogP) is 2.06. The second kappa shape index (κ2) is 5.93. The van der Waals surface area contributed by atoms with Gasteiger partial charge in [-0.2, -0.15) is 17.7 Å². The molecule has 5 heteroatoms. The number of aryl methyl sites for hydroxylation is 2. The van der Waals surface area contributed by atoms with E-state index < -0.39 is 0 Å². The van der Waals surface area contributed by atoms with Crippen molar-refractivity contribution in [3.8, 4) is 11.1 Å². The van der Waals surface area contributed by atoms with E-state index in [9.17, 15) is 4.79 Å². The van der Waals surface area contributed by atoms with Crippen LogP contribution in [0.5, 0.6) is 0 Å². The average molecular weight is 275 g/mol. The van der Waals surface area contributed by atoms with E-state index in [1.807, 2.05) is 38.4 Å². The fourth-order valence-corrected chi connectivity index (χ4v) is 2.02. The highest BCUT2D eigenvalue weighted by atomic mass is 32.1. The lowest BCUT2D eigenvalue weighted by Crippen LogP contribution is -2.25. The third-order valence-corrected chi connectivity index (χ3v) is 3.14. The lowest BCUT2D eigenvalue weighted by Gasteiger charge is -2.08. The Morgan fingerprint density at radius 2 is 2.26 bits per heavy atom. The molecule has 0 saturated heterocycles. The summed E-state index contributed by atoms with van der Waals surface area (Å²) in [5, 5.41) is 6.98. The molecule has 1 aromatic heterocycles. The summed E-state index contributed by atoms with van der Waals surface area (Å²) in [6.07, 6.45) is 3.75.